The predicted molar refractivity (Wildman–Crippen MR) is 79.2 cm³/mol. The van der Waals surface area contributed by atoms with Gasteiger partial charge in [-0.15, -0.1) is 0 Å². The average molecular weight is 323 g/mol. The number of benzene rings is 1. The minimum Gasteiger partial charge on any atom is -0.465 e. The minimum absolute atomic E-state index is 0.276. The largest absolute Gasteiger partial charge is 0.465 e. The molecule has 124 valence electrons. The smallest absolute Gasteiger partial charge is 0.345 e. The highest BCUT2D eigenvalue weighted by atomic mass is 17.2. The van der Waals surface area contributed by atoms with Gasteiger partial charge in [0.15, 0.2) is 0 Å². The average Bonchev–Trinajstić information content (AvgIpc) is 2.62. The van der Waals surface area contributed by atoms with Crippen LogP contribution in [0.3, 0.4) is 0 Å². The molecule has 0 aliphatic rings. The van der Waals surface area contributed by atoms with Gasteiger partial charge in [0.2, 0.25) is 0 Å². The van der Waals surface area contributed by atoms with Crippen molar-refractivity contribution in [3.8, 4) is 0 Å². The molecule has 0 radical (unpaired) electrons. The van der Waals surface area contributed by atoms with Crippen molar-refractivity contribution in [2.75, 3.05) is 14.2 Å². The molecule has 1 N–H and O–H groups in total. The Morgan fingerprint density at radius 1 is 1.13 bits per heavy atom. The number of hydrogen-bond donors (Lipinski definition) is 1. The van der Waals surface area contributed by atoms with Crippen LogP contribution in [0.25, 0.3) is 0 Å². The summed E-state index contributed by atoms with van der Waals surface area (Å²) in [6, 6.07) is 8.10. The van der Waals surface area contributed by atoms with Crippen molar-refractivity contribution in [3.63, 3.8) is 0 Å². The molecule has 0 aliphatic heterocycles. The Morgan fingerprint density at radius 3 is 2.13 bits per heavy atom. The zero-order valence-electron chi connectivity index (χ0n) is 12.9. The first-order valence-electron chi connectivity index (χ1n) is 6.48. The van der Waals surface area contributed by atoms with Crippen LogP contribution < -0.4 is 0 Å². The fourth-order valence-electron chi connectivity index (χ4n) is 1.67. The van der Waals surface area contributed by atoms with Gasteiger partial charge >= 0.3 is 17.7 Å². The number of hydrogen-bond acceptors (Lipinski definition) is 8. The molecule has 1 unspecified atom stereocenters. The van der Waals surface area contributed by atoms with Gasteiger partial charge in [0.05, 0.1) is 14.2 Å². The summed E-state index contributed by atoms with van der Waals surface area (Å²) in [5.41, 5.74) is -0.252. The third-order valence-electron chi connectivity index (χ3n) is 2.75. The second kappa shape index (κ2) is 8.66. The van der Waals surface area contributed by atoms with Gasteiger partial charge < -0.3 is 14.3 Å². The van der Waals surface area contributed by atoms with Crippen molar-refractivity contribution < 1.29 is 34.0 Å². The summed E-state index contributed by atoms with van der Waals surface area (Å²) in [6.45, 7) is 1.57. The van der Waals surface area contributed by atoms with Gasteiger partial charge in [-0.1, -0.05) is 35.5 Å². The molecule has 0 saturated heterocycles. The molecule has 0 fully saturated rings. The van der Waals surface area contributed by atoms with E-state index in [-0.39, 0.29) is 5.56 Å². The van der Waals surface area contributed by atoms with Crippen LogP contribution in [-0.2, 0) is 34.6 Å². The number of rotatable bonds is 7. The predicted octanol–water partition coefficient (Wildman–Crippen LogP) is 1.62. The van der Waals surface area contributed by atoms with Crippen LogP contribution in [-0.4, -0.2) is 37.6 Å². The van der Waals surface area contributed by atoms with Crippen molar-refractivity contribution in [2.45, 2.75) is 12.7 Å². The van der Waals surface area contributed by atoms with Crippen molar-refractivity contribution in [3.05, 3.63) is 47.5 Å². The number of nitrogens with zero attached hydrogens (tertiary/aromatic N) is 1. The first-order chi connectivity index (χ1) is 11.0. The highest BCUT2D eigenvalue weighted by Crippen LogP contribution is 2.30. The Hall–Kier alpha value is -2.71. The fourth-order valence-corrected chi connectivity index (χ4v) is 1.67. The van der Waals surface area contributed by atoms with Crippen LogP contribution in [0.1, 0.15) is 12.5 Å². The van der Waals surface area contributed by atoms with Gasteiger partial charge in [0, 0.05) is 17.9 Å². The van der Waals surface area contributed by atoms with Gasteiger partial charge in [0.1, 0.15) is 5.57 Å². The molecule has 8 nitrogen and oxygen atoms in total. The van der Waals surface area contributed by atoms with E-state index in [9.17, 15) is 14.8 Å². The SMILES string of the molecule is C/C=N/OC(C=C(C(=O)OC)C(=O)OC)(OO)c1ccccc1. The van der Waals surface area contributed by atoms with E-state index < -0.39 is 23.3 Å². The van der Waals surface area contributed by atoms with Crippen LogP contribution in [0.2, 0.25) is 0 Å². The zero-order chi connectivity index (χ0) is 17.3. The van der Waals surface area contributed by atoms with Gasteiger partial charge in [-0.2, -0.15) is 4.89 Å². The zero-order valence-corrected chi connectivity index (χ0v) is 12.9. The molecule has 0 spiro atoms. The molecule has 0 saturated carbocycles. The standard InChI is InChI=1S/C15H17NO7/c1-4-16-22-15(23-19,11-8-6-5-7-9-11)10-12(13(17)20-2)14(18)21-3/h4-10,19H,1-3H3/b16-4+. The molecule has 1 atom stereocenters. The van der Waals surface area contributed by atoms with E-state index in [0.29, 0.717) is 0 Å². The molecular formula is C15H17NO7. The van der Waals surface area contributed by atoms with E-state index >= 15 is 0 Å². The number of esters is 2. The summed E-state index contributed by atoms with van der Waals surface area (Å²) in [7, 11) is 2.18. The van der Waals surface area contributed by atoms with Crippen LogP contribution in [0.4, 0.5) is 0 Å². The summed E-state index contributed by atoms with van der Waals surface area (Å²) in [5, 5.41) is 12.9. The second-order valence-corrected chi connectivity index (χ2v) is 4.12. The monoisotopic (exact) mass is 323 g/mol. The fraction of sp³-hybridized carbons (Fsp3) is 0.267. The van der Waals surface area contributed by atoms with Crippen molar-refractivity contribution in [1.29, 1.82) is 0 Å². The molecule has 1 aromatic rings. The first-order valence-corrected chi connectivity index (χ1v) is 6.48. The lowest BCUT2D eigenvalue weighted by Crippen LogP contribution is -2.31. The quantitative estimate of drug-likeness (QED) is 0.119. The van der Waals surface area contributed by atoms with Crippen LogP contribution in [0, 0.1) is 0 Å². The van der Waals surface area contributed by atoms with Gasteiger partial charge in [-0.05, 0) is 6.92 Å². The Balaban J connectivity index is 3.51. The van der Waals surface area contributed by atoms with Crippen LogP contribution >= 0.6 is 0 Å². The van der Waals surface area contributed by atoms with E-state index in [2.05, 4.69) is 19.5 Å². The van der Waals surface area contributed by atoms with Gasteiger partial charge in [-0.3, -0.25) is 0 Å². The molecule has 0 aromatic heterocycles. The summed E-state index contributed by atoms with van der Waals surface area (Å²) < 4.78 is 9.05. The molecular weight excluding hydrogens is 306 g/mol. The lowest BCUT2D eigenvalue weighted by atomic mass is 10.0. The van der Waals surface area contributed by atoms with Crippen LogP contribution in [0.5, 0.6) is 0 Å². The highest BCUT2D eigenvalue weighted by molar-refractivity contribution is 6.14. The van der Waals surface area contributed by atoms with Crippen molar-refractivity contribution >= 4 is 18.2 Å². The molecule has 0 bridgehead atoms. The molecule has 0 amide bonds. The summed E-state index contributed by atoms with van der Waals surface area (Å²) in [6.07, 6.45) is 2.22. The Bertz CT molecular complexity index is 579. The Kier molecular flexibility index (Phi) is 6.91. The number of oxime groups is 1. The molecule has 23 heavy (non-hydrogen) atoms. The maximum absolute atomic E-state index is 11.8. The topological polar surface area (TPSA) is 104 Å². The van der Waals surface area contributed by atoms with Gasteiger partial charge in [-0.25, -0.2) is 14.8 Å². The van der Waals surface area contributed by atoms with E-state index in [1.807, 2.05) is 0 Å². The summed E-state index contributed by atoms with van der Waals surface area (Å²) in [4.78, 5) is 33.1. The van der Waals surface area contributed by atoms with Gasteiger partial charge in [0.25, 0.3) is 0 Å². The summed E-state index contributed by atoms with van der Waals surface area (Å²) in [5.74, 6) is -4.01. The van der Waals surface area contributed by atoms with E-state index in [1.165, 1.54) is 6.21 Å². The lowest BCUT2D eigenvalue weighted by Gasteiger charge is -2.25. The number of carbonyl (C=O) groups is 2. The van der Waals surface area contributed by atoms with E-state index in [1.54, 1.807) is 37.3 Å². The lowest BCUT2D eigenvalue weighted by molar-refractivity contribution is -0.393. The van der Waals surface area contributed by atoms with E-state index in [0.717, 1.165) is 20.3 Å². The molecule has 0 aliphatic carbocycles. The third kappa shape index (κ3) is 4.38. The number of ether oxygens (including phenoxy) is 2. The number of methoxy groups -OCH3 is 2. The van der Waals surface area contributed by atoms with E-state index in [4.69, 9.17) is 4.84 Å². The molecule has 1 aromatic carbocycles. The number of carbonyl (C=O) groups excluding carboxylic acids is 2. The maximum atomic E-state index is 11.8. The summed E-state index contributed by atoms with van der Waals surface area (Å²) >= 11 is 0. The maximum Gasteiger partial charge on any atom is 0.345 e. The molecule has 0 heterocycles. The minimum atomic E-state index is -2.04. The van der Waals surface area contributed by atoms with Crippen LogP contribution in [0.15, 0.2) is 47.1 Å². The third-order valence-corrected chi connectivity index (χ3v) is 2.75. The van der Waals surface area contributed by atoms with Crippen molar-refractivity contribution in [2.24, 2.45) is 5.16 Å². The Morgan fingerprint density at radius 2 is 1.70 bits per heavy atom. The van der Waals surface area contributed by atoms with Crippen molar-refractivity contribution in [1.82, 2.24) is 0 Å². The highest BCUT2D eigenvalue weighted by Gasteiger charge is 2.38. The molecule has 8 heteroatoms. The normalized spacial score (nSPS) is 13.0. The first kappa shape index (κ1) is 18.3. The Labute approximate surface area is 132 Å². The molecule has 1 rings (SSSR count). The second-order valence-electron chi connectivity index (χ2n) is 4.12.